The fraction of sp³-hybridized carbons (Fsp3) is 0.846. The Morgan fingerprint density at radius 1 is 1.33 bits per heavy atom. The molecule has 0 saturated carbocycles. The first kappa shape index (κ1) is 15.0. The minimum atomic E-state index is -0.973. The summed E-state index contributed by atoms with van der Waals surface area (Å²) in [6.45, 7) is 7.05. The van der Waals surface area contributed by atoms with E-state index in [1.165, 1.54) is 7.11 Å². The van der Waals surface area contributed by atoms with Gasteiger partial charge < -0.3 is 15.4 Å². The van der Waals surface area contributed by atoms with Crippen LogP contribution in [0, 0.1) is 5.41 Å². The first-order valence-corrected chi connectivity index (χ1v) is 6.50. The Morgan fingerprint density at radius 2 is 1.89 bits per heavy atom. The molecule has 18 heavy (non-hydrogen) atoms. The minimum absolute atomic E-state index is 0.0399. The Balaban J connectivity index is 2.76. The number of esters is 1. The number of carbonyl (C=O) groups excluding carboxylic acids is 2. The molecule has 1 rings (SSSR count). The number of piperidine rings is 1. The van der Waals surface area contributed by atoms with Gasteiger partial charge in [0.15, 0.2) is 0 Å². The molecule has 0 bridgehead atoms. The third kappa shape index (κ3) is 3.02. The lowest BCUT2D eigenvalue weighted by molar-refractivity contribution is -0.151. The van der Waals surface area contributed by atoms with Crippen molar-refractivity contribution in [1.29, 1.82) is 0 Å². The third-order valence-electron chi connectivity index (χ3n) is 3.84. The van der Waals surface area contributed by atoms with E-state index in [1.807, 2.05) is 6.92 Å². The van der Waals surface area contributed by atoms with Gasteiger partial charge in [-0.3, -0.25) is 4.79 Å². The molecule has 1 heterocycles. The van der Waals surface area contributed by atoms with Gasteiger partial charge in [-0.1, -0.05) is 6.92 Å². The van der Waals surface area contributed by atoms with Crippen LogP contribution in [0.25, 0.3) is 0 Å². The zero-order valence-corrected chi connectivity index (χ0v) is 11.8. The molecule has 5 heteroatoms. The number of carbonyl (C=O) groups is 2. The van der Waals surface area contributed by atoms with Crippen molar-refractivity contribution >= 4 is 11.9 Å². The van der Waals surface area contributed by atoms with Crippen LogP contribution >= 0.6 is 0 Å². The molecule has 1 saturated heterocycles. The van der Waals surface area contributed by atoms with E-state index < -0.39 is 11.5 Å². The van der Waals surface area contributed by atoms with E-state index in [0.29, 0.717) is 0 Å². The molecule has 104 valence electrons. The van der Waals surface area contributed by atoms with Crippen LogP contribution in [-0.4, -0.2) is 37.6 Å². The number of hydrogen-bond acceptors (Lipinski definition) is 4. The van der Waals surface area contributed by atoms with Crippen LogP contribution in [0.3, 0.4) is 0 Å². The van der Waals surface area contributed by atoms with Crippen molar-refractivity contribution in [3.05, 3.63) is 0 Å². The van der Waals surface area contributed by atoms with Gasteiger partial charge in [-0.2, -0.15) is 0 Å². The summed E-state index contributed by atoms with van der Waals surface area (Å²) in [6, 6.07) is 0. The van der Waals surface area contributed by atoms with E-state index >= 15 is 0 Å². The monoisotopic (exact) mass is 256 g/mol. The normalized spacial score (nSPS) is 19.1. The molecule has 0 spiro atoms. The maximum atomic E-state index is 12.4. The van der Waals surface area contributed by atoms with Gasteiger partial charge >= 0.3 is 5.97 Å². The molecule has 1 aliphatic rings. The Morgan fingerprint density at radius 3 is 2.33 bits per heavy atom. The van der Waals surface area contributed by atoms with Crippen molar-refractivity contribution in [3.8, 4) is 0 Å². The summed E-state index contributed by atoms with van der Waals surface area (Å²) in [5.41, 5.74) is -1.32. The van der Waals surface area contributed by atoms with E-state index in [0.717, 1.165) is 32.4 Å². The first-order valence-electron chi connectivity index (χ1n) is 6.50. The van der Waals surface area contributed by atoms with Crippen molar-refractivity contribution in [2.75, 3.05) is 20.2 Å². The molecule has 1 aliphatic heterocycles. The third-order valence-corrected chi connectivity index (χ3v) is 3.84. The van der Waals surface area contributed by atoms with Gasteiger partial charge in [-0.05, 0) is 46.2 Å². The molecule has 0 radical (unpaired) electrons. The van der Waals surface area contributed by atoms with Gasteiger partial charge in [0.2, 0.25) is 5.91 Å². The van der Waals surface area contributed by atoms with Crippen molar-refractivity contribution in [2.24, 2.45) is 5.41 Å². The lowest BCUT2D eigenvalue weighted by Crippen LogP contribution is -2.56. The number of hydrogen-bond donors (Lipinski definition) is 2. The SMILES string of the molecule is CCC1(C(=O)NC(C)(C)C(=O)OC)CCNCC1. The van der Waals surface area contributed by atoms with E-state index in [-0.39, 0.29) is 11.3 Å². The van der Waals surface area contributed by atoms with Gasteiger partial charge in [-0.15, -0.1) is 0 Å². The van der Waals surface area contributed by atoms with Crippen molar-refractivity contribution in [2.45, 2.75) is 45.6 Å². The van der Waals surface area contributed by atoms with Crippen molar-refractivity contribution in [3.63, 3.8) is 0 Å². The predicted molar refractivity (Wildman–Crippen MR) is 69.1 cm³/mol. The molecule has 0 aromatic rings. The smallest absolute Gasteiger partial charge is 0.330 e. The van der Waals surface area contributed by atoms with Crippen molar-refractivity contribution in [1.82, 2.24) is 10.6 Å². The highest BCUT2D eigenvalue weighted by molar-refractivity contribution is 5.90. The fourth-order valence-electron chi connectivity index (χ4n) is 2.37. The lowest BCUT2D eigenvalue weighted by Gasteiger charge is -2.37. The number of nitrogens with one attached hydrogen (secondary N) is 2. The lowest BCUT2D eigenvalue weighted by atomic mass is 9.75. The van der Waals surface area contributed by atoms with Crippen LogP contribution in [0.2, 0.25) is 0 Å². The average molecular weight is 256 g/mol. The second kappa shape index (κ2) is 5.69. The standard InChI is InChI=1S/C13H24N2O3/c1-5-13(6-8-14-9-7-13)10(16)15-12(2,3)11(17)18-4/h14H,5-9H2,1-4H3,(H,15,16). The molecule has 2 N–H and O–H groups in total. The maximum absolute atomic E-state index is 12.4. The number of ether oxygens (including phenoxy) is 1. The Kier molecular flexibility index (Phi) is 4.73. The molecule has 1 fully saturated rings. The molecule has 1 amide bonds. The molecule has 0 aromatic heterocycles. The van der Waals surface area contributed by atoms with E-state index in [9.17, 15) is 9.59 Å². The summed E-state index contributed by atoms with van der Waals surface area (Å²) in [5.74, 6) is -0.460. The Bertz CT molecular complexity index is 320. The second-order valence-corrected chi connectivity index (χ2v) is 5.45. The van der Waals surface area contributed by atoms with Gasteiger partial charge in [-0.25, -0.2) is 4.79 Å². The Labute approximate surface area is 109 Å². The summed E-state index contributed by atoms with van der Waals surface area (Å²) in [5, 5.41) is 6.08. The fourth-order valence-corrected chi connectivity index (χ4v) is 2.37. The predicted octanol–water partition coefficient (Wildman–Crippen LogP) is 0.834. The topological polar surface area (TPSA) is 67.4 Å². The average Bonchev–Trinajstić information content (AvgIpc) is 2.37. The molecule has 5 nitrogen and oxygen atoms in total. The van der Waals surface area contributed by atoms with Crippen molar-refractivity contribution < 1.29 is 14.3 Å². The minimum Gasteiger partial charge on any atom is -0.467 e. The quantitative estimate of drug-likeness (QED) is 0.731. The summed E-state index contributed by atoms with van der Waals surface area (Å²) in [6.07, 6.45) is 2.41. The van der Waals surface area contributed by atoms with Gasteiger partial charge in [0.25, 0.3) is 0 Å². The van der Waals surface area contributed by atoms with E-state index in [2.05, 4.69) is 10.6 Å². The molecule has 0 unspecified atom stereocenters. The van der Waals surface area contributed by atoms with Gasteiger partial charge in [0.05, 0.1) is 12.5 Å². The second-order valence-electron chi connectivity index (χ2n) is 5.45. The van der Waals surface area contributed by atoms with Gasteiger partial charge in [0.1, 0.15) is 5.54 Å². The summed E-state index contributed by atoms with van der Waals surface area (Å²) in [4.78, 5) is 24.0. The van der Waals surface area contributed by atoms with Crippen LogP contribution in [-0.2, 0) is 14.3 Å². The van der Waals surface area contributed by atoms with Crippen LogP contribution in [0.4, 0.5) is 0 Å². The molecule has 0 aromatic carbocycles. The molecule has 0 atom stereocenters. The van der Waals surface area contributed by atoms with Crippen LogP contribution in [0.1, 0.15) is 40.0 Å². The van der Waals surface area contributed by atoms with Crippen LogP contribution < -0.4 is 10.6 Å². The van der Waals surface area contributed by atoms with Crippen LogP contribution in [0.5, 0.6) is 0 Å². The Hall–Kier alpha value is -1.10. The summed E-state index contributed by atoms with van der Waals surface area (Å²) in [7, 11) is 1.33. The van der Waals surface area contributed by atoms with Gasteiger partial charge in [0, 0.05) is 0 Å². The summed E-state index contributed by atoms with van der Waals surface area (Å²) >= 11 is 0. The molecule has 0 aliphatic carbocycles. The maximum Gasteiger partial charge on any atom is 0.330 e. The number of rotatable bonds is 4. The highest BCUT2D eigenvalue weighted by Crippen LogP contribution is 2.33. The zero-order valence-electron chi connectivity index (χ0n) is 11.8. The molecular weight excluding hydrogens is 232 g/mol. The van der Waals surface area contributed by atoms with E-state index in [4.69, 9.17) is 4.74 Å². The molecular formula is C13H24N2O3. The van der Waals surface area contributed by atoms with Crippen LogP contribution in [0.15, 0.2) is 0 Å². The summed E-state index contributed by atoms with van der Waals surface area (Å²) < 4.78 is 4.70. The van der Waals surface area contributed by atoms with E-state index in [1.54, 1.807) is 13.8 Å². The zero-order chi connectivity index (χ0) is 13.8. The number of methoxy groups -OCH3 is 1. The highest BCUT2D eigenvalue weighted by atomic mass is 16.5. The largest absolute Gasteiger partial charge is 0.467 e. The first-order chi connectivity index (χ1) is 8.38. The highest BCUT2D eigenvalue weighted by Gasteiger charge is 2.41. The number of amides is 1.